The number of rotatable bonds is 6. The lowest BCUT2D eigenvalue weighted by molar-refractivity contribution is 0.0937. The SMILES string of the molecule is COc1ccc(NC(=O)NNC(=O)c2ccc(-c3ccc(OC)c(OC)c3)nc2C)cc1. The quantitative estimate of drug-likeness (QED) is 0.510. The molecule has 0 aliphatic rings. The summed E-state index contributed by atoms with van der Waals surface area (Å²) in [6, 6.07) is 15.0. The minimum atomic E-state index is -0.587. The van der Waals surface area contributed by atoms with E-state index in [4.69, 9.17) is 14.2 Å². The maximum atomic E-state index is 12.5. The van der Waals surface area contributed by atoms with Crippen LogP contribution in [-0.4, -0.2) is 38.3 Å². The molecule has 0 saturated carbocycles. The zero-order valence-corrected chi connectivity index (χ0v) is 18.2. The van der Waals surface area contributed by atoms with E-state index < -0.39 is 11.9 Å². The molecular weight excluding hydrogens is 412 g/mol. The molecule has 1 heterocycles. The van der Waals surface area contributed by atoms with E-state index in [-0.39, 0.29) is 0 Å². The topological polar surface area (TPSA) is 111 Å². The van der Waals surface area contributed by atoms with Gasteiger partial charge in [0.05, 0.1) is 38.3 Å². The van der Waals surface area contributed by atoms with E-state index >= 15 is 0 Å². The molecule has 1 aromatic heterocycles. The summed E-state index contributed by atoms with van der Waals surface area (Å²) >= 11 is 0. The molecule has 0 unspecified atom stereocenters. The summed E-state index contributed by atoms with van der Waals surface area (Å²) in [5.41, 5.74) is 7.57. The number of urea groups is 1. The van der Waals surface area contributed by atoms with E-state index in [9.17, 15) is 9.59 Å². The molecule has 0 atom stereocenters. The van der Waals surface area contributed by atoms with Gasteiger partial charge >= 0.3 is 6.03 Å². The molecule has 0 radical (unpaired) electrons. The lowest BCUT2D eigenvalue weighted by Gasteiger charge is -2.12. The molecule has 0 aliphatic carbocycles. The van der Waals surface area contributed by atoms with Crippen LogP contribution in [0.5, 0.6) is 17.2 Å². The second-order valence-corrected chi connectivity index (χ2v) is 6.66. The fourth-order valence-electron chi connectivity index (χ4n) is 2.97. The van der Waals surface area contributed by atoms with Crippen LogP contribution >= 0.6 is 0 Å². The third kappa shape index (κ3) is 5.25. The Morgan fingerprint density at radius 1 is 0.812 bits per heavy atom. The first-order valence-corrected chi connectivity index (χ1v) is 9.66. The predicted octanol–water partition coefficient (Wildman–Crippen LogP) is 3.55. The zero-order chi connectivity index (χ0) is 23.1. The first-order chi connectivity index (χ1) is 15.4. The maximum Gasteiger partial charge on any atom is 0.337 e. The molecule has 32 heavy (non-hydrogen) atoms. The van der Waals surface area contributed by atoms with Crippen molar-refractivity contribution in [2.75, 3.05) is 26.6 Å². The van der Waals surface area contributed by atoms with Gasteiger partial charge in [0.25, 0.3) is 5.91 Å². The molecule has 3 aromatic rings. The first kappa shape index (κ1) is 22.4. The van der Waals surface area contributed by atoms with Gasteiger partial charge in [-0.25, -0.2) is 10.2 Å². The number of benzene rings is 2. The highest BCUT2D eigenvalue weighted by Crippen LogP contribution is 2.31. The lowest BCUT2D eigenvalue weighted by Crippen LogP contribution is -2.44. The summed E-state index contributed by atoms with van der Waals surface area (Å²) in [6.07, 6.45) is 0. The predicted molar refractivity (Wildman–Crippen MR) is 120 cm³/mol. The fraction of sp³-hybridized carbons (Fsp3) is 0.174. The van der Waals surface area contributed by atoms with Crippen molar-refractivity contribution < 1.29 is 23.8 Å². The summed E-state index contributed by atoms with van der Waals surface area (Å²) < 4.78 is 15.7. The Kier molecular flexibility index (Phi) is 7.12. The second-order valence-electron chi connectivity index (χ2n) is 6.66. The van der Waals surface area contributed by atoms with Crippen LogP contribution < -0.4 is 30.4 Å². The Morgan fingerprint density at radius 2 is 1.53 bits per heavy atom. The molecule has 0 aliphatic heterocycles. The normalized spacial score (nSPS) is 10.1. The standard InChI is InChI=1S/C23H24N4O5/c1-14-18(10-11-19(24-14)15-5-12-20(31-3)21(13-15)32-4)22(28)26-27-23(29)25-16-6-8-17(30-2)9-7-16/h5-13H,1-4H3,(H,26,28)(H2,25,27,29). The van der Waals surface area contributed by atoms with Gasteiger partial charge in [0.2, 0.25) is 0 Å². The van der Waals surface area contributed by atoms with Crippen LogP contribution in [0.3, 0.4) is 0 Å². The van der Waals surface area contributed by atoms with Gasteiger partial charge in [0.15, 0.2) is 11.5 Å². The minimum absolute atomic E-state index is 0.332. The number of anilines is 1. The summed E-state index contributed by atoms with van der Waals surface area (Å²) in [4.78, 5) is 29.0. The van der Waals surface area contributed by atoms with Crippen molar-refractivity contribution in [2.45, 2.75) is 6.92 Å². The number of hydrogen-bond donors (Lipinski definition) is 3. The number of nitrogens with zero attached hydrogens (tertiary/aromatic N) is 1. The molecule has 0 saturated heterocycles. The number of hydrogen-bond acceptors (Lipinski definition) is 6. The number of aromatic nitrogens is 1. The van der Waals surface area contributed by atoms with Crippen molar-refractivity contribution in [3.63, 3.8) is 0 Å². The summed E-state index contributed by atoms with van der Waals surface area (Å²) in [5.74, 6) is 1.38. The Labute approximate surface area is 185 Å². The van der Waals surface area contributed by atoms with Crippen LogP contribution in [0, 0.1) is 6.92 Å². The zero-order valence-electron chi connectivity index (χ0n) is 18.2. The van der Waals surface area contributed by atoms with Gasteiger partial charge in [-0.3, -0.25) is 15.2 Å². The Bertz CT molecular complexity index is 1120. The van der Waals surface area contributed by atoms with E-state index in [1.165, 1.54) is 0 Å². The molecule has 2 aromatic carbocycles. The van der Waals surface area contributed by atoms with Gasteiger partial charge in [0.1, 0.15) is 5.75 Å². The molecule has 0 fully saturated rings. The largest absolute Gasteiger partial charge is 0.497 e. The minimum Gasteiger partial charge on any atom is -0.497 e. The molecule has 3 N–H and O–H groups in total. The number of aryl methyl sites for hydroxylation is 1. The van der Waals surface area contributed by atoms with Gasteiger partial charge in [-0.2, -0.15) is 0 Å². The van der Waals surface area contributed by atoms with Crippen LogP contribution in [0.4, 0.5) is 10.5 Å². The van der Waals surface area contributed by atoms with E-state index in [0.717, 1.165) is 5.56 Å². The summed E-state index contributed by atoms with van der Waals surface area (Å²) in [5, 5.41) is 2.61. The third-order valence-corrected chi connectivity index (χ3v) is 4.65. The monoisotopic (exact) mass is 436 g/mol. The molecule has 0 spiro atoms. The van der Waals surface area contributed by atoms with Gasteiger partial charge in [-0.05, 0) is 61.5 Å². The highest BCUT2D eigenvalue weighted by Gasteiger charge is 2.14. The van der Waals surface area contributed by atoms with Crippen LogP contribution in [0.2, 0.25) is 0 Å². The molecule has 166 valence electrons. The maximum absolute atomic E-state index is 12.5. The number of methoxy groups -OCH3 is 3. The smallest absolute Gasteiger partial charge is 0.337 e. The highest BCUT2D eigenvalue weighted by atomic mass is 16.5. The van der Waals surface area contributed by atoms with Crippen LogP contribution in [-0.2, 0) is 0 Å². The van der Waals surface area contributed by atoms with Gasteiger partial charge in [0, 0.05) is 11.3 Å². The summed E-state index contributed by atoms with van der Waals surface area (Å²) in [7, 11) is 4.69. The van der Waals surface area contributed by atoms with E-state index in [1.807, 2.05) is 12.1 Å². The average Bonchev–Trinajstić information content (AvgIpc) is 2.82. The number of amides is 3. The summed E-state index contributed by atoms with van der Waals surface area (Å²) in [6.45, 7) is 1.72. The molecule has 0 bridgehead atoms. The van der Waals surface area contributed by atoms with Crippen LogP contribution in [0.1, 0.15) is 16.1 Å². The van der Waals surface area contributed by atoms with Crippen LogP contribution in [0.15, 0.2) is 54.6 Å². The number of nitrogens with one attached hydrogen (secondary N) is 3. The molecular formula is C23H24N4O5. The molecule has 3 rings (SSSR count). The Balaban J connectivity index is 1.64. The van der Waals surface area contributed by atoms with Crippen molar-refractivity contribution in [1.82, 2.24) is 15.8 Å². The highest BCUT2D eigenvalue weighted by molar-refractivity contribution is 5.98. The number of pyridine rings is 1. The van der Waals surface area contributed by atoms with E-state index in [1.54, 1.807) is 70.7 Å². The van der Waals surface area contributed by atoms with Crippen molar-refractivity contribution in [2.24, 2.45) is 0 Å². The average molecular weight is 436 g/mol. The number of carbonyl (C=O) groups excluding carboxylic acids is 2. The van der Waals surface area contributed by atoms with E-state index in [2.05, 4.69) is 21.2 Å². The third-order valence-electron chi connectivity index (χ3n) is 4.65. The first-order valence-electron chi connectivity index (χ1n) is 9.66. The Morgan fingerprint density at radius 3 is 2.16 bits per heavy atom. The number of ether oxygens (including phenoxy) is 3. The van der Waals surface area contributed by atoms with Crippen molar-refractivity contribution in [1.29, 1.82) is 0 Å². The van der Waals surface area contributed by atoms with Crippen molar-refractivity contribution >= 4 is 17.6 Å². The lowest BCUT2D eigenvalue weighted by atomic mass is 10.1. The van der Waals surface area contributed by atoms with Crippen molar-refractivity contribution in [3.8, 4) is 28.5 Å². The van der Waals surface area contributed by atoms with Gasteiger partial charge < -0.3 is 19.5 Å². The Hall–Kier alpha value is -4.27. The second kappa shape index (κ2) is 10.2. The van der Waals surface area contributed by atoms with Gasteiger partial charge in [-0.15, -0.1) is 0 Å². The number of hydrazine groups is 1. The molecule has 9 heteroatoms. The van der Waals surface area contributed by atoms with Crippen LogP contribution in [0.25, 0.3) is 11.3 Å². The fourth-order valence-corrected chi connectivity index (χ4v) is 2.97. The van der Waals surface area contributed by atoms with Crippen molar-refractivity contribution in [3.05, 3.63) is 65.9 Å². The molecule has 9 nitrogen and oxygen atoms in total. The van der Waals surface area contributed by atoms with E-state index in [0.29, 0.717) is 39.9 Å². The molecule has 3 amide bonds. The van der Waals surface area contributed by atoms with Gasteiger partial charge in [-0.1, -0.05) is 0 Å². The number of carbonyl (C=O) groups is 2.